The summed E-state index contributed by atoms with van der Waals surface area (Å²) in [5.41, 5.74) is 4.44. The number of nitrogens with one attached hydrogen (secondary N) is 2. The molecule has 0 unspecified atom stereocenters. The summed E-state index contributed by atoms with van der Waals surface area (Å²) >= 11 is 0. The minimum absolute atomic E-state index is 0.931. The fourth-order valence-electron chi connectivity index (χ4n) is 2.42. The van der Waals surface area contributed by atoms with Crippen LogP contribution in [0.3, 0.4) is 0 Å². The van der Waals surface area contributed by atoms with Gasteiger partial charge in [-0.25, -0.2) is 4.98 Å². The molecule has 86 valence electrons. The van der Waals surface area contributed by atoms with Gasteiger partial charge in [0.2, 0.25) is 0 Å². The van der Waals surface area contributed by atoms with Gasteiger partial charge in [0.25, 0.3) is 0 Å². The van der Waals surface area contributed by atoms with Gasteiger partial charge in [-0.2, -0.15) is 0 Å². The Labute approximate surface area is 103 Å². The Morgan fingerprint density at radius 3 is 2.89 bits per heavy atom. The second-order valence-electron chi connectivity index (χ2n) is 4.38. The van der Waals surface area contributed by atoms with Crippen LogP contribution in [0.5, 0.6) is 0 Å². The smallest absolute Gasteiger partial charge is 0.137 e. The van der Waals surface area contributed by atoms with E-state index < -0.39 is 0 Å². The van der Waals surface area contributed by atoms with Crippen molar-refractivity contribution in [3.8, 4) is 11.1 Å². The number of aromatic nitrogens is 3. The third kappa shape index (κ3) is 1.27. The monoisotopic (exact) mass is 233 g/mol. The number of rotatable bonds is 1. The summed E-state index contributed by atoms with van der Waals surface area (Å²) < 4.78 is 0. The maximum Gasteiger partial charge on any atom is 0.137 e. The van der Waals surface area contributed by atoms with E-state index in [0.717, 1.165) is 22.1 Å². The van der Waals surface area contributed by atoms with Crippen molar-refractivity contribution in [1.29, 1.82) is 0 Å². The molecule has 0 aliphatic heterocycles. The quantitative estimate of drug-likeness (QED) is 0.517. The highest BCUT2D eigenvalue weighted by molar-refractivity contribution is 5.96. The molecule has 2 N–H and O–H groups in total. The molecular formula is C15H11N3. The fraction of sp³-hybridized carbons (Fsp3) is 0. The molecular weight excluding hydrogens is 222 g/mol. The third-order valence-electron chi connectivity index (χ3n) is 3.31. The van der Waals surface area contributed by atoms with Crippen LogP contribution in [0.2, 0.25) is 0 Å². The number of fused-ring (bicyclic) bond motifs is 2. The lowest BCUT2D eigenvalue weighted by atomic mass is 10.0. The third-order valence-corrected chi connectivity index (χ3v) is 3.31. The standard InChI is InChI=1S/C15H11N3/c1-2-12(13-5-7-16-14(13)3-1)11-8-10-4-6-17-15(10)18-9-11/h1-9,16H,(H,17,18). The Hall–Kier alpha value is -2.55. The Bertz CT molecular complexity index is 839. The minimum Gasteiger partial charge on any atom is -0.361 e. The average Bonchev–Trinajstić information content (AvgIpc) is 3.05. The molecule has 3 nitrogen and oxygen atoms in total. The molecule has 0 aliphatic rings. The van der Waals surface area contributed by atoms with Crippen LogP contribution in [-0.4, -0.2) is 15.0 Å². The topological polar surface area (TPSA) is 44.5 Å². The lowest BCUT2D eigenvalue weighted by Crippen LogP contribution is -1.82. The summed E-state index contributed by atoms with van der Waals surface area (Å²) in [6.45, 7) is 0. The molecule has 0 aliphatic carbocycles. The largest absolute Gasteiger partial charge is 0.361 e. The number of H-pyrrole nitrogens is 2. The van der Waals surface area contributed by atoms with Gasteiger partial charge in [-0.3, -0.25) is 0 Å². The number of hydrogen-bond acceptors (Lipinski definition) is 1. The van der Waals surface area contributed by atoms with Crippen molar-refractivity contribution in [1.82, 2.24) is 15.0 Å². The molecule has 0 saturated heterocycles. The zero-order valence-electron chi connectivity index (χ0n) is 9.64. The Kier molecular flexibility index (Phi) is 1.83. The summed E-state index contributed by atoms with van der Waals surface area (Å²) in [6.07, 6.45) is 5.80. The lowest BCUT2D eigenvalue weighted by molar-refractivity contribution is 1.33. The zero-order valence-corrected chi connectivity index (χ0v) is 9.64. The first-order valence-corrected chi connectivity index (χ1v) is 5.91. The zero-order chi connectivity index (χ0) is 11.9. The highest BCUT2D eigenvalue weighted by Gasteiger charge is 2.06. The Balaban J connectivity index is 2.03. The fourth-order valence-corrected chi connectivity index (χ4v) is 2.42. The lowest BCUT2D eigenvalue weighted by Gasteiger charge is -2.03. The molecule has 0 fully saturated rings. The molecule has 0 radical (unpaired) electrons. The molecule has 3 heterocycles. The van der Waals surface area contributed by atoms with Crippen LogP contribution in [0.4, 0.5) is 0 Å². The maximum absolute atomic E-state index is 4.44. The van der Waals surface area contributed by atoms with E-state index in [-0.39, 0.29) is 0 Å². The molecule has 0 amide bonds. The molecule has 18 heavy (non-hydrogen) atoms. The van der Waals surface area contributed by atoms with Gasteiger partial charge in [0.15, 0.2) is 0 Å². The normalized spacial score (nSPS) is 11.3. The van der Waals surface area contributed by atoms with Gasteiger partial charge >= 0.3 is 0 Å². The predicted molar refractivity (Wildman–Crippen MR) is 73.4 cm³/mol. The highest BCUT2D eigenvalue weighted by atomic mass is 14.8. The predicted octanol–water partition coefficient (Wildman–Crippen LogP) is 3.71. The first-order chi connectivity index (χ1) is 8.92. The number of nitrogens with zero attached hydrogens (tertiary/aromatic N) is 1. The van der Waals surface area contributed by atoms with Crippen LogP contribution in [0.25, 0.3) is 33.1 Å². The summed E-state index contributed by atoms with van der Waals surface area (Å²) in [5.74, 6) is 0. The maximum atomic E-state index is 4.44. The summed E-state index contributed by atoms with van der Waals surface area (Å²) in [6, 6.07) is 12.6. The van der Waals surface area contributed by atoms with Crippen molar-refractivity contribution in [3.05, 3.63) is 55.0 Å². The van der Waals surface area contributed by atoms with Crippen LogP contribution in [0, 0.1) is 0 Å². The van der Waals surface area contributed by atoms with Gasteiger partial charge in [0, 0.05) is 40.4 Å². The van der Waals surface area contributed by atoms with Crippen LogP contribution in [0.1, 0.15) is 0 Å². The summed E-state index contributed by atoms with van der Waals surface area (Å²) in [5, 5.41) is 2.37. The molecule has 0 spiro atoms. The summed E-state index contributed by atoms with van der Waals surface area (Å²) in [7, 11) is 0. The first-order valence-electron chi connectivity index (χ1n) is 5.91. The van der Waals surface area contributed by atoms with Crippen molar-refractivity contribution in [2.45, 2.75) is 0 Å². The van der Waals surface area contributed by atoms with E-state index in [4.69, 9.17) is 0 Å². The van der Waals surface area contributed by atoms with Gasteiger partial charge in [-0.1, -0.05) is 12.1 Å². The van der Waals surface area contributed by atoms with Gasteiger partial charge in [0.1, 0.15) is 5.65 Å². The van der Waals surface area contributed by atoms with Crippen LogP contribution >= 0.6 is 0 Å². The van der Waals surface area contributed by atoms with Crippen LogP contribution < -0.4 is 0 Å². The van der Waals surface area contributed by atoms with Crippen molar-refractivity contribution in [2.24, 2.45) is 0 Å². The van der Waals surface area contributed by atoms with Crippen molar-refractivity contribution < 1.29 is 0 Å². The SMILES string of the molecule is c1cc(-c2cnc3[nH]ccc3c2)c2cc[nH]c2c1. The molecule has 3 aromatic heterocycles. The molecule has 4 aromatic rings. The second kappa shape index (κ2) is 3.47. The van der Waals surface area contributed by atoms with Crippen molar-refractivity contribution in [3.63, 3.8) is 0 Å². The van der Waals surface area contributed by atoms with E-state index in [2.05, 4.69) is 45.3 Å². The van der Waals surface area contributed by atoms with E-state index >= 15 is 0 Å². The second-order valence-corrected chi connectivity index (χ2v) is 4.38. The molecule has 0 bridgehead atoms. The van der Waals surface area contributed by atoms with Crippen molar-refractivity contribution in [2.75, 3.05) is 0 Å². The molecule has 1 aromatic carbocycles. The van der Waals surface area contributed by atoms with Gasteiger partial charge < -0.3 is 9.97 Å². The number of pyridine rings is 1. The van der Waals surface area contributed by atoms with E-state index in [1.807, 2.05) is 24.7 Å². The number of benzene rings is 1. The van der Waals surface area contributed by atoms with Gasteiger partial charge in [0.05, 0.1) is 0 Å². The molecule has 4 rings (SSSR count). The number of aromatic amines is 2. The first kappa shape index (κ1) is 9.48. The Morgan fingerprint density at radius 1 is 0.944 bits per heavy atom. The van der Waals surface area contributed by atoms with Gasteiger partial charge in [-0.05, 0) is 29.8 Å². The Morgan fingerprint density at radius 2 is 1.89 bits per heavy atom. The van der Waals surface area contributed by atoms with Crippen LogP contribution in [0.15, 0.2) is 55.0 Å². The average molecular weight is 233 g/mol. The number of hydrogen-bond donors (Lipinski definition) is 2. The van der Waals surface area contributed by atoms with Gasteiger partial charge in [-0.15, -0.1) is 0 Å². The minimum atomic E-state index is 0.931. The van der Waals surface area contributed by atoms with E-state index in [9.17, 15) is 0 Å². The van der Waals surface area contributed by atoms with Crippen LogP contribution in [-0.2, 0) is 0 Å². The van der Waals surface area contributed by atoms with Crippen molar-refractivity contribution >= 4 is 21.9 Å². The summed E-state index contributed by atoms with van der Waals surface area (Å²) in [4.78, 5) is 10.8. The van der Waals surface area contributed by atoms with E-state index in [0.29, 0.717) is 0 Å². The molecule has 3 heteroatoms. The molecule has 0 saturated carbocycles. The highest BCUT2D eigenvalue weighted by Crippen LogP contribution is 2.29. The molecule has 0 atom stereocenters. The van der Waals surface area contributed by atoms with E-state index in [1.54, 1.807) is 0 Å². The van der Waals surface area contributed by atoms with E-state index in [1.165, 1.54) is 10.9 Å².